The largest absolute Gasteiger partial charge is 0.296 e. The molecule has 1 nitrogen and oxygen atoms in total. The van der Waals surface area contributed by atoms with Gasteiger partial charge in [0.25, 0.3) is 0 Å². The molecule has 0 aromatic heterocycles. The van der Waals surface area contributed by atoms with Gasteiger partial charge in [0.1, 0.15) is 0 Å². The number of hydrogen-bond donors (Lipinski definition) is 0. The molecule has 0 spiro atoms. The summed E-state index contributed by atoms with van der Waals surface area (Å²) in [5.74, 6) is 0. The molecule has 2 saturated heterocycles. The van der Waals surface area contributed by atoms with Gasteiger partial charge in [0.15, 0.2) is 0 Å². The van der Waals surface area contributed by atoms with Crippen LogP contribution in [-0.2, 0) is 0 Å². The fourth-order valence-corrected chi connectivity index (χ4v) is 3.66. The molecule has 2 rings (SSSR count). The van der Waals surface area contributed by atoms with Crippen molar-refractivity contribution in [3.8, 4) is 0 Å². The van der Waals surface area contributed by atoms with Crippen molar-refractivity contribution in [2.75, 3.05) is 6.54 Å². The van der Waals surface area contributed by atoms with Crippen molar-refractivity contribution in [3.05, 3.63) is 0 Å². The van der Waals surface area contributed by atoms with Gasteiger partial charge >= 0.3 is 0 Å². The fraction of sp³-hybridized carbons (Fsp3) is 1.00. The first-order valence-corrected chi connectivity index (χ1v) is 5.97. The third-order valence-corrected chi connectivity index (χ3v) is 4.70. The molecule has 0 bridgehead atoms. The summed E-state index contributed by atoms with van der Waals surface area (Å²) in [6.45, 7) is 3.70. The Hall–Kier alpha value is 0.690. The molecule has 2 heteroatoms. The predicted octanol–water partition coefficient (Wildman–Crippen LogP) is 2.44. The minimum atomic E-state index is 0.930. The second kappa shape index (κ2) is 3.21. The summed E-state index contributed by atoms with van der Waals surface area (Å²) in [5.41, 5.74) is 0. The fourth-order valence-electron chi connectivity index (χ4n) is 2.61. The molecule has 0 amide bonds. The maximum atomic E-state index is 2.75. The lowest BCUT2D eigenvalue weighted by Crippen LogP contribution is -2.32. The Morgan fingerprint density at radius 1 is 1.36 bits per heavy atom. The minimum Gasteiger partial charge on any atom is -0.296 e. The maximum Gasteiger partial charge on any atom is 0.0278 e. The lowest BCUT2D eigenvalue weighted by Gasteiger charge is -2.22. The summed E-state index contributed by atoms with van der Waals surface area (Å²) in [5, 5.41) is 0. The third kappa shape index (κ3) is 1.32. The highest BCUT2D eigenvalue weighted by molar-refractivity contribution is 14.1. The molecule has 1 unspecified atom stereocenters. The molecule has 0 saturated carbocycles. The van der Waals surface area contributed by atoms with E-state index in [9.17, 15) is 0 Å². The number of halogens is 1. The van der Waals surface area contributed by atoms with Gasteiger partial charge in [0.2, 0.25) is 0 Å². The number of alkyl halides is 1. The van der Waals surface area contributed by atoms with Crippen LogP contribution in [0.15, 0.2) is 0 Å². The molecule has 0 N–H and O–H groups in total. The van der Waals surface area contributed by atoms with Gasteiger partial charge in [-0.2, -0.15) is 0 Å². The highest BCUT2D eigenvalue weighted by atomic mass is 127. The van der Waals surface area contributed by atoms with Gasteiger partial charge in [-0.3, -0.25) is 4.90 Å². The zero-order chi connectivity index (χ0) is 7.84. The summed E-state index contributed by atoms with van der Waals surface area (Å²) in [6.07, 6.45) is 5.72. The van der Waals surface area contributed by atoms with Crippen molar-refractivity contribution in [3.63, 3.8) is 0 Å². The lowest BCUT2D eigenvalue weighted by molar-refractivity contribution is 0.243. The molecule has 11 heavy (non-hydrogen) atoms. The van der Waals surface area contributed by atoms with E-state index in [2.05, 4.69) is 34.4 Å². The Kier molecular flexibility index (Phi) is 2.42. The molecule has 0 aromatic carbocycles. The van der Waals surface area contributed by atoms with Crippen molar-refractivity contribution >= 4 is 22.6 Å². The quantitative estimate of drug-likeness (QED) is 0.520. The van der Waals surface area contributed by atoms with Crippen molar-refractivity contribution in [1.82, 2.24) is 4.90 Å². The minimum absolute atomic E-state index is 0.930. The first kappa shape index (κ1) is 8.30. The van der Waals surface area contributed by atoms with E-state index in [0.29, 0.717) is 0 Å². The average molecular weight is 265 g/mol. The third-order valence-electron chi connectivity index (χ3n) is 3.24. The first-order valence-electron chi connectivity index (χ1n) is 4.72. The van der Waals surface area contributed by atoms with Crippen LogP contribution in [0.2, 0.25) is 0 Å². The Balaban J connectivity index is 2.04. The van der Waals surface area contributed by atoms with Crippen molar-refractivity contribution in [2.45, 2.75) is 48.6 Å². The van der Waals surface area contributed by atoms with Crippen LogP contribution in [-0.4, -0.2) is 27.5 Å². The topological polar surface area (TPSA) is 3.24 Å². The lowest BCUT2D eigenvalue weighted by atomic mass is 10.1. The maximum absolute atomic E-state index is 2.75. The molecule has 2 heterocycles. The van der Waals surface area contributed by atoms with Gasteiger partial charge in [-0.25, -0.2) is 0 Å². The summed E-state index contributed by atoms with van der Waals surface area (Å²) >= 11 is 2.63. The molecule has 64 valence electrons. The average Bonchev–Trinajstić information content (AvgIpc) is 2.53. The van der Waals surface area contributed by atoms with Gasteiger partial charge in [-0.05, 0) is 32.2 Å². The van der Waals surface area contributed by atoms with Gasteiger partial charge < -0.3 is 0 Å². The number of hydrogen-bond acceptors (Lipinski definition) is 1. The summed E-state index contributed by atoms with van der Waals surface area (Å²) in [4.78, 5) is 2.75. The summed E-state index contributed by atoms with van der Waals surface area (Å²) < 4.78 is 0.948. The molecule has 0 radical (unpaired) electrons. The Morgan fingerprint density at radius 2 is 2.18 bits per heavy atom. The highest BCUT2D eigenvalue weighted by Gasteiger charge is 2.40. The summed E-state index contributed by atoms with van der Waals surface area (Å²) in [7, 11) is 0. The van der Waals surface area contributed by atoms with E-state index < -0.39 is 0 Å². The van der Waals surface area contributed by atoms with Crippen LogP contribution in [0.1, 0.15) is 32.6 Å². The van der Waals surface area contributed by atoms with E-state index >= 15 is 0 Å². The first-order chi connectivity index (χ1) is 5.33. The second-order valence-corrected chi connectivity index (χ2v) is 5.35. The Morgan fingerprint density at radius 3 is 2.91 bits per heavy atom. The molecule has 2 aliphatic heterocycles. The van der Waals surface area contributed by atoms with Gasteiger partial charge in [0.05, 0.1) is 0 Å². The standard InChI is InChI=1S/C9H16IN/c1-2-7-3-4-9-8(10)5-6-11(7)9/h7-9H,2-6H2,1H3/t7-,8+,9?/m1/s1. The van der Waals surface area contributed by atoms with Crippen LogP contribution < -0.4 is 0 Å². The van der Waals surface area contributed by atoms with Crippen LogP contribution in [0.25, 0.3) is 0 Å². The highest BCUT2D eigenvalue weighted by Crippen LogP contribution is 2.37. The van der Waals surface area contributed by atoms with Crippen LogP contribution in [0.4, 0.5) is 0 Å². The smallest absolute Gasteiger partial charge is 0.0278 e. The van der Waals surface area contributed by atoms with E-state index in [-0.39, 0.29) is 0 Å². The van der Waals surface area contributed by atoms with Gasteiger partial charge in [-0.1, -0.05) is 29.5 Å². The van der Waals surface area contributed by atoms with Crippen molar-refractivity contribution in [2.24, 2.45) is 0 Å². The van der Waals surface area contributed by atoms with Crippen LogP contribution in [0.3, 0.4) is 0 Å². The van der Waals surface area contributed by atoms with Crippen LogP contribution in [0, 0.1) is 0 Å². The number of fused-ring (bicyclic) bond motifs is 1. The van der Waals surface area contributed by atoms with Crippen molar-refractivity contribution < 1.29 is 0 Å². The number of nitrogens with zero attached hydrogens (tertiary/aromatic N) is 1. The van der Waals surface area contributed by atoms with Crippen LogP contribution in [0.5, 0.6) is 0 Å². The SMILES string of the molecule is CC[C@@H]1CCC2[C@@H](I)CCN21. The van der Waals surface area contributed by atoms with E-state index in [1.54, 1.807) is 0 Å². The van der Waals surface area contributed by atoms with Gasteiger partial charge in [0, 0.05) is 16.0 Å². The van der Waals surface area contributed by atoms with Crippen LogP contribution >= 0.6 is 22.6 Å². The zero-order valence-corrected chi connectivity index (χ0v) is 9.25. The normalized spacial score (nSPS) is 44.7. The molecule has 3 atom stereocenters. The molecule has 2 aliphatic rings. The van der Waals surface area contributed by atoms with Crippen molar-refractivity contribution in [1.29, 1.82) is 0 Å². The van der Waals surface area contributed by atoms with E-state index in [1.807, 2.05) is 0 Å². The summed E-state index contributed by atoms with van der Waals surface area (Å²) in [6, 6.07) is 1.88. The van der Waals surface area contributed by atoms with E-state index in [1.165, 1.54) is 32.2 Å². The second-order valence-electron chi connectivity index (χ2n) is 3.75. The van der Waals surface area contributed by atoms with E-state index in [4.69, 9.17) is 0 Å². The molecule has 0 aromatic rings. The Bertz CT molecular complexity index is 148. The monoisotopic (exact) mass is 265 g/mol. The Labute approximate surface area is 82.7 Å². The molecule has 0 aliphatic carbocycles. The van der Waals surface area contributed by atoms with E-state index in [0.717, 1.165) is 16.0 Å². The molecular weight excluding hydrogens is 249 g/mol. The number of rotatable bonds is 1. The van der Waals surface area contributed by atoms with Gasteiger partial charge in [-0.15, -0.1) is 0 Å². The molecular formula is C9H16IN. The zero-order valence-electron chi connectivity index (χ0n) is 7.09. The molecule has 2 fully saturated rings. The predicted molar refractivity (Wildman–Crippen MR) is 56.2 cm³/mol.